The van der Waals surface area contributed by atoms with Crippen LogP contribution in [0.4, 0.5) is 0 Å². The van der Waals surface area contributed by atoms with Crippen LogP contribution in [0, 0.1) is 20.8 Å². The molecule has 0 amide bonds. The Hall–Kier alpha value is -0.860. The summed E-state index contributed by atoms with van der Waals surface area (Å²) < 4.78 is 0. The minimum atomic E-state index is 0.436. The minimum Gasteiger partial charge on any atom is -0.310 e. The smallest absolute Gasteiger partial charge is 0.0294 e. The Kier molecular flexibility index (Phi) is 7.25. The van der Waals surface area contributed by atoms with Gasteiger partial charge in [-0.1, -0.05) is 26.0 Å². The molecule has 1 rings (SSSR count). The van der Waals surface area contributed by atoms with Crippen LogP contribution in [-0.2, 0) is 0 Å². The van der Waals surface area contributed by atoms with Gasteiger partial charge in [-0.3, -0.25) is 0 Å². The van der Waals surface area contributed by atoms with Crippen LogP contribution in [0.1, 0.15) is 55.5 Å². The fraction of sp³-hybridized carbons (Fsp3) is 0.667. The summed E-state index contributed by atoms with van der Waals surface area (Å²) in [7, 11) is 0. The maximum atomic E-state index is 3.66. The molecule has 0 aliphatic carbocycles. The van der Waals surface area contributed by atoms with Gasteiger partial charge in [-0.15, -0.1) is 0 Å². The third-order valence-corrected chi connectivity index (χ3v) is 4.34. The molecule has 1 aromatic rings. The Bertz CT molecular complexity index is 408. The van der Waals surface area contributed by atoms with Gasteiger partial charge in [0.05, 0.1) is 0 Å². The third kappa shape index (κ3) is 4.92. The Morgan fingerprint density at radius 1 is 1.00 bits per heavy atom. The average molecular weight is 276 g/mol. The molecule has 114 valence electrons. The molecule has 0 spiro atoms. The normalized spacial score (nSPS) is 12.9. The predicted octanol–water partition coefficient (Wildman–Crippen LogP) is 3.99. The van der Waals surface area contributed by atoms with E-state index in [4.69, 9.17) is 0 Å². The van der Waals surface area contributed by atoms with Crippen molar-refractivity contribution in [2.75, 3.05) is 26.2 Å². The Balaban J connectivity index is 2.47. The van der Waals surface area contributed by atoms with Gasteiger partial charge in [-0.05, 0) is 82.5 Å². The van der Waals surface area contributed by atoms with Gasteiger partial charge >= 0.3 is 0 Å². The van der Waals surface area contributed by atoms with Crippen LogP contribution < -0.4 is 5.32 Å². The van der Waals surface area contributed by atoms with Gasteiger partial charge < -0.3 is 10.2 Å². The molecule has 1 atom stereocenters. The van der Waals surface area contributed by atoms with E-state index in [-0.39, 0.29) is 0 Å². The van der Waals surface area contributed by atoms with Crippen molar-refractivity contribution in [2.45, 2.75) is 54.0 Å². The highest BCUT2D eigenvalue weighted by Gasteiger charge is 2.09. The molecule has 2 nitrogen and oxygen atoms in total. The van der Waals surface area contributed by atoms with Crippen molar-refractivity contribution >= 4 is 0 Å². The molecular weight excluding hydrogens is 244 g/mol. The van der Waals surface area contributed by atoms with Gasteiger partial charge in [-0.25, -0.2) is 0 Å². The standard InChI is InChI=1S/C18H32N2/c1-7-20(8-2)11-9-10-19-17(6)18-13-15(4)14(3)12-16(18)5/h12-13,17,19H,7-11H2,1-6H3. The van der Waals surface area contributed by atoms with Crippen LogP contribution in [0.25, 0.3) is 0 Å². The molecule has 0 radical (unpaired) electrons. The van der Waals surface area contributed by atoms with Crippen molar-refractivity contribution in [1.82, 2.24) is 10.2 Å². The van der Waals surface area contributed by atoms with E-state index in [1.54, 1.807) is 0 Å². The van der Waals surface area contributed by atoms with Gasteiger partial charge in [0, 0.05) is 6.04 Å². The largest absolute Gasteiger partial charge is 0.310 e. The molecule has 0 fully saturated rings. The lowest BCUT2D eigenvalue weighted by Gasteiger charge is -2.21. The lowest BCUT2D eigenvalue weighted by molar-refractivity contribution is 0.296. The van der Waals surface area contributed by atoms with E-state index < -0.39 is 0 Å². The Morgan fingerprint density at radius 2 is 1.60 bits per heavy atom. The van der Waals surface area contributed by atoms with Crippen molar-refractivity contribution in [3.8, 4) is 0 Å². The molecule has 0 saturated heterocycles. The fourth-order valence-electron chi connectivity index (χ4n) is 2.72. The summed E-state index contributed by atoms with van der Waals surface area (Å²) >= 11 is 0. The molecule has 2 heteroatoms. The highest BCUT2D eigenvalue weighted by atomic mass is 15.1. The van der Waals surface area contributed by atoms with E-state index in [1.165, 1.54) is 35.2 Å². The number of benzene rings is 1. The van der Waals surface area contributed by atoms with Gasteiger partial charge in [0.25, 0.3) is 0 Å². The van der Waals surface area contributed by atoms with E-state index in [0.29, 0.717) is 6.04 Å². The number of hydrogen-bond acceptors (Lipinski definition) is 2. The van der Waals surface area contributed by atoms with Crippen LogP contribution >= 0.6 is 0 Å². The molecule has 0 heterocycles. The van der Waals surface area contributed by atoms with Crippen LogP contribution in [0.2, 0.25) is 0 Å². The summed E-state index contributed by atoms with van der Waals surface area (Å²) in [5, 5.41) is 3.66. The van der Waals surface area contributed by atoms with Crippen molar-refractivity contribution in [3.05, 3.63) is 34.4 Å². The third-order valence-electron chi connectivity index (χ3n) is 4.34. The van der Waals surface area contributed by atoms with Crippen LogP contribution in [0.3, 0.4) is 0 Å². The molecular formula is C18H32N2. The molecule has 0 aromatic heterocycles. The van der Waals surface area contributed by atoms with Crippen molar-refractivity contribution in [3.63, 3.8) is 0 Å². The fourth-order valence-corrected chi connectivity index (χ4v) is 2.72. The molecule has 1 unspecified atom stereocenters. The summed E-state index contributed by atoms with van der Waals surface area (Å²) in [5.41, 5.74) is 5.62. The summed E-state index contributed by atoms with van der Waals surface area (Å²) in [6.45, 7) is 17.9. The first-order valence-corrected chi connectivity index (χ1v) is 8.03. The lowest BCUT2D eigenvalue weighted by atomic mass is 9.96. The minimum absolute atomic E-state index is 0.436. The van der Waals surface area contributed by atoms with Crippen molar-refractivity contribution in [1.29, 1.82) is 0 Å². The summed E-state index contributed by atoms with van der Waals surface area (Å²) in [6, 6.07) is 5.08. The maximum Gasteiger partial charge on any atom is 0.0294 e. The zero-order valence-corrected chi connectivity index (χ0v) is 14.2. The summed E-state index contributed by atoms with van der Waals surface area (Å²) in [4.78, 5) is 2.48. The Labute approximate surface area is 125 Å². The number of nitrogens with zero attached hydrogens (tertiary/aromatic N) is 1. The van der Waals surface area contributed by atoms with Crippen LogP contribution in [0.15, 0.2) is 12.1 Å². The number of hydrogen-bond donors (Lipinski definition) is 1. The average Bonchev–Trinajstić information content (AvgIpc) is 2.42. The Morgan fingerprint density at radius 3 is 2.20 bits per heavy atom. The van der Waals surface area contributed by atoms with Crippen LogP contribution in [0.5, 0.6) is 0 Å². The van der Waals surface area contributed by atoms with E-state index in [1.807, 2.05) is 0 Å². The van der Waals surface area contributed by atoms with Crippen LogP contribution in [-0.4, -0.2) is 31.1 Å². The number of nitrogens with one attached hydrogen (secondary N) is 1. The summed E-state index contributed by atoms with van der Waals surface area (Å²) in [5.74, 6) is 0. The second kappa shape index (κ2) is 8.43. The first-order chi connectivity index (χ1) is 9.49. The van der Waals surface area contributed by atoms with Crippen molar-refractivity contribution < 1.29 is 0 Å². The second-order valence-electron chi connectivity index (χ2n) is 5.85. The first-order valence-electron chi connectivity index (χ1n) is 8.03. The maximum absolute atomic E-state index is 3.66. The molecule has 1 N–H and O–H groups in total. The number of rotatable bonds is 8. The van der Waals surface area contributed by atoms with Crippen molar-refractivity contribution in [2.24, 2.45) is 0 Å². The van der Waals surface area contributed by atoms with Gasteiger partial charge in [0.15, 0.2) is 0 Å². The lowest BCUT2D eigenvalue weighted by Crippen LogP contribution is -2.28. The zero-order chi connectivity index (χ0) is 15.1. The molecule has 20 heavy (non-hydrogen) atoms. The number of aryl methyl sites for hydroxylation is 3. The first kappa shape index (κ1) is 17.2. The zero-order valence-electron chi connectivity index (χ0n) is 14.2. The van der Waals surface area contributed by atoms with Gasteiger partial charge in [0.1, 0.15) is 0 Å². The molecule has 1 aromatic carbocycles. The molecule has 0 aliphatic heterocycles. The summed E-state index contributed by atoms with van der Waals surface area (Å²) in [6.07, 6.45) is 1.22. The highest BCUT2D eigenvalue weighted by Crippen LogP contribution is 2.21. The quantitative estimate of drug-likeness (QED) is 0.722. The molecule has 0 aliphatic rings. The van der Waals surface area contributed by atoms with Gasteiger partial charge in [0.2, 0.25) is 0 Å². The molecule has 0 bridgehead atoms. The molecule has 0 saturated carbocycles. The van der Waals surface area contributed by atoms with E-state index >= 15 is 0 Å². The predicted molar refractivity (Wildman–Crippen MR) is 89.5 cm³/mol. The van der Waals surface area contributed by atoms with Gasteiger partial charge in [-0.2, -0.15) is 0 Å². The highest BCUT2D eigenvalue weighted by molar-refractivity contribution is 5.37. The topological polar surface area (TPSA) is 15.3 Å². The second-order valence-corrected chi connectivity index (χ2v) is 5.85. The van der Waals surface area contributed by atoms with E-state index in [9.17, 15) is 0 Å². The van der Waals surface area contributed by atoms with E-state index in [2.05, 4.69) is 63.9 Å². The SMILES string of the molecule is CCN(CC)CCCNC(C)c1cc(C)c(C)cc1C. The monoisotopic (exact) mass is 276 g/mol. The van der Waals surface area contributed by atoms with E-state index in [0.717, 1.165) is 19.6 Å².